The molecule has 0 bridgehead atoms. The number of ketones is 1. The van der Waals surface area contributed by atoms with E-state index in [-0.39, 0.29) is 23.7 Å². The molecule has 1 aromatic heterocycles. The molecular formula is C20H22F4N4O4. The molecule has 1 atom stereocenters. The number of benzene rings is 1. The summed E-state index contributed by atoms with van der Waals surface area (Å²) in [5.74, 6) is -3.54. The zero-order chi connectivity index (χ0) is 23.7. The number of likely N-dealkylation sites (tertiary alicyclic amines) is 1. The molecule has 8 nitrogen and oxygen atoms in total. The van der Waals surface area contributed by atoms with Crippen molar-refractivity contribution in [1.29, 1.82) is 0 Å². The first-order chi connectivity index (χ1) is 14.8. The molecule has 1 aromatic carbocycles. The topological polar surface area (TPSA) is 97.6 Å². The Hall–Kier alpha value is -3.02. The SMILES string of the molecule is CC(C)(C)OC(=O)N1CCC(NCC(=O)c2ccc(-c3noc(C(F)(F)F)n3)c(F)c2)C1. The predicted molar refractivity (Wildman–Crippen MR) is 103 cm³/mol. The van der Waals surface area contributed by atoms with Crippen LogP contribution in [0.3, 0.4) is 0 Å². The highest BCUT2D eigenvalue weighted by molar-refractivity contribution is 5.98. The first-order valence-electron chi connectivity index (χ1n) is 9.79. The van der Waals surface area contributed by atoms with Crippen LogP contribution >= 0.6 is 0 Å². The van der Waals surface area contributed by atoms with Crippen LogP contribution in [0.4, 0.5) is 22.4 Å². The Morgan fingerprint density at radius 1 is 1.28 bits per heavy atom. The van der Waals surface area contributed by atoms with E-state index in [0.29, 0.717) is 19.5 Å². The first kappa shape index (κ1) is 23.6. The van der Waals surface area contributed by atoms with Crippen molar-refractivity contribution < 1.29 is 36.4 Å². The van der Waals surface area contributed by atoms with E-state index in [0.717, 1.165) is 12.1 Å². The molecule has 3 rings (SSSR count). The number of hydrogen-bond acceptors (Lipinski definition) is 7. The summed E-state index contributed by atoms with van der Waals surface area (Å²) in [4.78, 5) is 29.2. The van der Waals surface area contributed by atoms with Crippen molar-refractivity contribution >= 4 is 11.9 Å². The summed E-state index contributed by atoms with van der Waals surface area (Å²) in [6, 6.07) is 3.17. The van der Waals surface area contributed by atoms with Crippen LogP contribution in [0.1, 0.15) is 43.4 Å². The lowest BCUT2D eigenvalue weighted by Crippen LogP contribution is -2.39. The molecule has 1 aliphatic heterocycles. The minimum Gasteiger partial charge on any atom is -0.444 e. The number of rotatable bonds is 5. The molecule has 2 aromatic rings. The van der Waals surface area contributed by atoms with Crippen molar-refractivity contribution in [1.82, 2.24) is 20.4 Å². The highest BCUT2D eigenvalue weighted by Crippen LogP contribution is 2.30. The molecule has 1 aliphatic rings. The van der Waals surface area contributed by atoms with E-state index in [4.69, 9.17) is 4.74 Å². The van der Waals surface area contributed by atoms with Gasteiger partial charge in [-0.15, -0.1) is 0 Å². The minimum atomic E-state index is -4.84. The van der Waals surface area contributed by atoms with Gasteiger partial charge in [0.05, 0.1) is 12.1 Å². The predicted octanol–water partition coefficient (Wildman–Crippen LogP) is 3.68. The van der Waals surface area contributed by atoms with Crippen molar-refractivity contribution in [2.75, 3.05) is 19.6 Å². The second-order valence-corrected chi connectivity index (χ2v) is 8.33. The van der Waals surface area contributed by atoms with Gasteiger partial charge in [-0.25, -0.2) is 9.18 Å². The highest BCUT2D eigenvalue weighted by Gasteiger charge is 2.38. The molecule has 0 spiro atoms. The summed E-state index contributed by atoms with van der Waals surface area (Å²) in [6.07, 6.45) is -4.65. The van der Waals surface area contributed by atoms with Crippen molar-refractivity contribution in [2.45, 2.75) is 45.0 Å². The Labute approximate surface area is 180 Å². The van der Waals surface area contributed by atoms with Crippen molar-refractivity contribution in [3.63, 3.8) is 0 Å². The van der Waals surface area contributed by atoms with E-state index < -0.39 is 41.2 Å². The van der Waals surface area contributed by atoms with Gasteiger partial charge in [-0.2, -0.15) is 18.2 Å². The molecule has 174 valence electrons. The average molecular weight is 458 g/mol. The number of nitrogens with one attached hydrogen (secondary N) is 1. The maximum absolute atomic E-state index is 14.4. The fourth-order valence-corrected chi connectivity index (χ4v) is 3.08. The van der Waals surface area contributed by atoms with E-state index in [1.54, 1.807) is 25.7 Å². The van der Waals surface area contributed by atoms with Gasteiger partial charge in [0.1, 0.15) is 11.4 Å². The summed E-state index contributed by atoms with van der Waals surface area (Å²) in [5, 5.41) is 6.16. The van der Waals surface area contributed by atoms with E-state index in [9.17, 15) is 27.2 Å². The van der Waals surface area contributed by atoms with Crippen molar-refractivity contribution in [3.8, 4) is 11.4 Å². The standard InChI is InChI=1S/C20H22F4N4O4/c1-19(2,3)31-18(30)28-7-6-12(10-28)25-9-15(29)11-4-5-13(14(21)8-11)16-26-17(32-27-16)20(22,23)24/h4-5,8,12,25H,6-7,9-10H2,1-3H3. The summed E-state index contributed by atoms with van der Waals surface area (Å²) < 4.78 is 61.5. The average Bonchev–Trinajstić information content (AvgIpc) is 3.34. The number of amides is 1. The van der Waals surface area contributed by atoms with Crippen LogP contribution in [0.5, 0.6) is 0 Å². The summed E-state index contributed by atoms with van der Waals surface area (Å²) in [7, 11) is 0. The summed E-state index contributed by atoms with van der Waals surface area (Å²) >= 11 is 0. The highest BCUT2D eigenvalue weighted by atomic mass is 19.4. The van der Waals surface area contributed by atoms with E-state index in [1.807, 2.05) is 0 Å². The molecule has 12 heteroatoms. The van der Waals surface area contributed by atoms with Crippen molar-refractivity contribution in [2.24, 2.45) is 0 Å². The monoisotopic (exact) mass is 458 g/mol. The van der Waals surface area contributed by atoms with Crippen molar-refractivity contribution in [3.05, 3.63) is 35.5 Å². The molecule has 2 heterocycles. The second-order valence-electron chi connectivity index (χ2n) is 8.33. The Bertz CT molecular complexity index is 1000. The van der Waals surface area contributed by atoms with Gasteiger partial charge >= 0.3 is 18.2 Å². The first-order valence-corrected chi connectivity index (χ1v) is 9.79. The Morgan fingerprint density at radius 3 is 2.59 bits per heavy atom. The Balaban J connectivity index is 1.57. The second kappa shape index (κ2) is 8.85. The van der Waals surface area contributed by atoms with Gasteiger partial charge in [-0.3, -0.25) is 4.79 Å². The number of ether oxygens (including phenoxy) is 1. The van der Waals surface area contributed by atoms with Gasteiger partial charge in [0.2, 0.25) is 5.82 Å². The van der Waals surface area contributed by atoms with Gasteiger partial charge in [-0.1, -0.05) is 11.2 Å². The smallest absolute Gasteiger partial charge is 0.444 e. The van der Waals surface area contributed by atoms with Gasteiger partial charge in [0.25, 0.3) is 0 Å². The molecule has 1 N–H and O–H groups in total. The fraction of sp³-hybridized carbons (Fsp3) is 0.500. The largest absolute Gasteiger partial charge is 0.471 e. The van der Waals surface area contributed by atoms with Crippen LogP contribution in [0.25, 0.3) is 11.4 Å². The molecule has 1 unspecified atom stereocenters. The maximum atomic E-state index is 14.4. The zero-order valence-corrected chi connectivity index (χ0v) is 17.6. The fourth-order valence-electron chi connectivity index (χ4n) is 3.08. The quantitative estimate of drug-likeness (QED) is 0.539. The lowest BCUT2D eigenvalue weighted by molar-refractivity contribution is -0.159. The zero-order valence-electron chi connectivity index (χ0n) is 17.6. The van der Waals surface area contributed by atoms with E-state index >= 15 is 0 Å². The third-order valence-corrected chi connectivity index (χ3v) is 4.59. The third kappa shape index (κ3) is 5.81. The van der Waals surface area contributed by atoms with Crippen LogP contribution in [-0.4, -0.2) is 58.2 Å². The van der Waals surface area contributed by atoms with E-state index in [2.05, 4.69) is 20.0 Å². The summed E-state index contributed by atoms with van der Waals surface area (Å²) in [5.41, 5.74) is -0.900. The summed E-state index contributed by atoms with van der Waals surface area (Å²) in [6.45, 7) is 6.06. The van der Waals surface area contributed by atoms with Crippen LogP contribution in [-0.2, 0) is 10.9 Å². The normalized spacial score (nSPS) is 17.0. The molecule has 1 fully saturated rings. The Morgan fingerprint density at radius 2 is 2.00 bits per heavy atom. The number of nitrogens with zero attached hydrogens (tertiary/aromatic N) is 3. The number of halogens is 4. The number of carbonyl (C=O) groups is 2. The number of carbonyl (C=O) groups excluding carboxylic acids is 2. The lowest BCUT2D eigenvalue weighted by Gasteiger charge is -2.24. The Kier molecular flexibility index (Phi) is 6.54. The minimum absolute atomic E-state index is 0.0280. The van der Waals surface area contributed by atoms with E-state index in [1.165, 1.54) is 6.07 Å². The number of Topliss-reactive ketones (excluding diaryl/α,β-unsaturated/α-hetero) is 1. The lowest BCUT2D eigenvalue weighted by atomic mass is 10.1. The molecular weight excluding hydrogens is 436 g/mol. The molecule has 1 saturated heterocycles. The molecule has 0 saturated carbocycles. The van der Waals surface area contributed by atoms with Crippen LogP contribution in [0.15, 0.2) is 22.7 Å². The maximum Gasteiger partial charge on any atom is 0.471 e. The van der Waals surface area contributed by atoms with Gasteiger partial charge in [0.15, 0.2) is 5.78 Å². The molecule has 0 aliphatic carbocycles. The van der Waals surface area contributed by atoms with Crippen LogP contribution in [0.2, 0.25) is 0 Å². The third-order valence-electron chi connectivity index (χ3n) is 4.59. The van der Waals surface area contributed by atoms with Gasteiger partial charge < -0.3 is 19.5 Å². The van der Waals surface area contributed by atoms with Gasteiger partial charge in [-0.05, 0) is 39.3 Å². The molecule has 32 heavy (non-hydrogen) atoms. The van der Waals surface area contributed by atoms with Gasteiger partial charge in [0, 0.05) is 24.7 Å². The molecule has 0 radical (unpaired) electrons. The number of hydrogen-bond donors (Lipinski definition) is 1. The number of aromatic nitrogens is 2. The van der Waals surface area contributed by atoms with Crippen LogP contribution in [0, 0.1) is 5.82 Å². The van der Waals surface area contributed by atoms with Crippen LogP contribution < -0.4 is 5.32 Å². The molecule has 1 amide bonds. The number of alkyl halides is 3.